The van der Waals surface area contributed by atoms with E-state index in [9.17, 15) is 13.2 Å². The van der Waals surface area contributed by atoms with Crippen molar-refractivity contribution >= 4 is 21.6 Å². The predicted molar refractivity (Wildman–Crippen MR) is 151 cm³/mol. The molecule has 1 amide bonds. The van der Waals surface area contributed by atoms with Gasteiger partial charge in [0, 0.05) is 12.6 Å². The molecule has 0 fully saturated rings. The summed E-state index contributed by atoms with van der Waals surface area (Å²) >= 11 is 0. The highest BCUT2D eigenvalue weighted by Crippen LogP contribution is 2.33. The molecule has 10 heteroatoms. The van der Waals surface area contributed by atoms with Gasteiger partial charge in [-0.15, -0.1) is 0 Å². The number of amides is 1. The number of aryl methyl sites for hydroxylation is 2. The van der Waals surface area contributed by atoms with Gasteiger partial charge in [0.25, 0.3) is 10.0 Å². The maximum Gasteiger partial charge on any atom is 0.264 e. The van der Waals surface area contributed by atoms with E-state index in [1.165, 1.54) is 32.4 Å². The van der Waals surface area contributed by atoms with Gasteiger partial charge in [-0.05, 0) is 80.8 Å². The Bertz CT molecular complexity index is 1390. The van der Waals surface area contributed by atoms with E-state index in [0.717, 1.165) is 21.0 Å². The van der Waals surface area contributed by atoms with Gasteiger partial charge in [0.15, 0.2) is 23.0 Å². The summed E-state index contributed by atoms with van der Waals surface area (Å²) in [4.78, 5) is 13.1. The lowest BCUT2D eigenvalue weighted by molar-refractivity contribution is -0.119. The maximum absolute atomic E-state index is 13.9. The van der Waals surface area contributed by atoms with Crippen LogP contribution in [0.15, 0.2) is 59.5 Å². The molecule has 0 aliphatic carbocycles. The Morgan fingerprint density at radius 2 is 1.41 bits per heavy atom. The number of benzene rings is 3. The van der Waals surface area contributed by atoms with Gasteiger partial charge in [0.2, 0.25) is 5.91 Å². The largest absolute Gasteiger partial charge is 0.493 e. The molecule has 0 spiro atoms. The zero-order valence-electron chi connectivity index (χ0n) is 23.2. The van der Waals surface area contributed by atoms with Crippen LogP contribution in [0.2, 0.25) is 0 Å². The number of carbonyl (C=O) groups excluding carboxylic acids is 1. The van der Waals surface area contributed by atoms with Gasteiger partial charge < -0.3 is 24.3 Å². The standard InChI is InChI=1S/C29H36N2O7S/c1-7-37-26-11-9-22(16-28(26)38-8-2)18-30-29(32)19-31(23-14-20(3)13-21(4)15-23)39(33,34)24-10-12-25(35-5)27(17-24)36-6/h9-17H,7-8,18-19H2,1-6H3,(H,30,32). The highest BCUT2D eigenvalue weighted by Gasteiger charge is 2.28. The molecule has 0 aliphatic heterocycles. The Morgan fingerprint density at radius 1 is 0.795 bits per heavy atom. The van der Waals surface area contributed by atoms with Crippen molar-refractivity contribution in [1.29, 1.82) is 0 Å². The third-order valence-corrected chi connectivity index (χ3v) is 7.59. The van der Waals surface area contributed by atoms with Crippen LogP contribution < -0.4 is 28.6 Å². The molecular formula is C29H36N2O7S. The molecule has 0 heterocycles. The molecule has 3 aromatic carbocycles. The van der Waals surface area contributed by atoms with Crippen LogP contribution in [0.25, 0.3) is 0 Å². The summed E-state index contributed by atoms with van der Waals surface area (Å²) in [5.41, 5.74) is 2.92. The zero-order valence-corrected chi connectivity index (χ0v) is 24.1. The zero-order chi connectivity index (χ0) is 28.6. The van der Waals surface area contributed by atoms with E-state index < -0.39 is 22.5 Å². The summed E-state index contributed by atoms with van der Waals surface area (Å²) in [6, 6.07) is 15.2. The molecule has 0 saturated heterocycles. The molecule has 0 bridgehead atoms. The molecular weight excluding hydrogens is 520 g/mol. The number of nitrogens with zero attached hydrogens (tertiary/aromatic N) is 1. The van der Waals surface area contributed by atoms with E-state index in [1.54, 1.807) is 24.3 Å². The van der Waals surface area contributed by atoms with E-state index in [4.69, 9.17) is 18.9 Å². The first kappa shape index (κ1) is 29.6. The minimum absolute atomic E-state index is 0.0278. The molecule has 210 valence electrons. The first-order valence-corrected chi connectivity index (χ1v) is 14.0. The molecule has 0 unspecified atom stereocenters. The van der Waals surface area contributed by atoms with E-state index in [0.29, 0.717) is 36.1 Å². The van der Waals surface area contributed by atoms with Gasteiger partial charge in [0.05, 0.1) is 38.0 Å². The normalized spacial score (nSPS) is 11.0. The number of methoxy groups -OCH3 is 2. The fraction of sp³-hybridized carbons (Fsp3) is 0.345. The van der Waals surface area contributed by atoms with Crippen molar-refractivity contribution in [2.75, 3.05) is 38.3 Å². The minimum Gasteiger partial charge on any atom is -0.493 e. The van der Waals surface area contributed by atoms with Gasteiger partial charge in [-0.1, -0.05) is 12.1 Å². The van der Waals surface area contributed by atoms with Gasteiger partial charge in [-0.2, -0.15) is 0 Å². The van der Waals surface area contributed by atoms with Crippen molar-refractivity contribution in [3.8, 4) is 23.0 Å². The highest BCUT2D eigenvalue weighted by molar-refractivity contribution is 7.92. The Kier molecular flexibility index (Phi) is 10.1. The van der Waals surface area contributed by atoms with Crippen LogP contribution in [-0.4, -0.2) is 48.3 Å². The molecule has 3 aromatic rings. The number of anilines is 1. The smallest absolute Gasteiger partial charge is 0.264 e. The third-order valence-electron chi connectivity index (χ3n) is 5.82. The monoisotopic (exact) mass is 556 g/mol. The number of nitrogens with one attached hydrogen (secondary N) is 1. The predicted octanol–water partition coefficient (Wildman–Crippen LogP) is 4.63. The van der Waals surface area contributed by atoms with Crippen LogP contribution in [0.3, 0.4) is 0 Å². The molecule has 3 rings (SSSR count). The average molecular weight is 557 g/mol. The van der Waals surface area contributed by atoms with Crippen LogP contribution in [0, 0.1) is 13.8 Å². The second-order valence-electron chi connectivity index (χ2n) is 8.80. The van der Waals surface area contributed by atoms with Crippen molar-refractivity contribution in [1.82, 2.24) is 5.32 Å². The summed E-state index contributed by atoms with van der Waals surface area (Å²) in [5.74, 6) is 1.40. The lowest BCUT2D eigenvalue weighted by atomic mass is 10.1. The number of carbonyl (C=O) groups is 1. The average Bonchev–Trinajstić information content (AvgIpc) is 2.90. The van der Waals surface area contributed by atoms with Crippen LogP contribution in [0.5, 0.6) is 23.0 Å². The first-order chi connectivity index (χ1) is 18.6. The van der Waals surface area contributed by atoms with E-state index in [-0.39, 0.29) is 17.2 Å². The van der Waals surface area contributed by atoms with Crippen molar-refractivity contribution in [3.05, 3.63) is 71.3 Å². The van der Waals surface area contributed by atoms with Gasteiger partial charge >= 0.3 is 0 Å². The third kappa shape index (κ3) is 7.35. The fourth-order valence-corrected chi connectivity index (χ4v) is 5.53. The quantitative estimate of drug-likeness (QED) is 0.327. The number of rotatable bonds is 13. The Labute approximate surface area is 230 Å². The molecule has 0 radical (unpaired) electrons. The van der Waals surface area contributed by atoms with Crippen LogP contribution >= 0.6 is 0 Å². The Morgan fingerprint density at radius 3 is 2.03 bits per heavy atom. The Hall–Kier alpha value is -3.92. The molecule has 39 heavy (non-hydrogen) atoms. The van der Waals surface area contributed by atoms with Gasteiger partial charge in [0.1, 0.15) is 6.54 Å². The van der Waals surface area contributed by atoms with Crippen molar-refractivity contribution in [2.45, 2.75) is 39.1 Å². The number of hydrogen-bond acceptors (Lipinski definition) is 7. The Balaban J connectivity index is 1.90. The van der Waals surface area contributed by atoms with Crippen LogP contribution in [0.1, 0.15) is 30.5 Å². The molecule has 0 saturated carbocycles. The molecule has 9 nitrogen and oxygen atoms in total. The fourth-order valence-electron chi connectivity index (χ4n) is 4.11. The molecule has 0 aliphatic rings. The van der Waals surface area contributed by atoms with E-state index >= 15 is 0 Å². The summed E-state index contributed by atoms with van der Waals surface area (Å²) in [7, 11) is -1.24. The van der Waals surface area contributed by atoms with Crippen LogP contribution in [-0.2, 0) is 21.4 Å². The van der Waals surface area contributed by atoms with Gasteiger partial charge in [-0.25, -0.2) is 8.42 Å². The van der Waals surface area contributed by atoms with Crippen molar-refractivity contribution in [3.63, 3.8) is 0 Å². The summed E-state index contributed by atoms with van der Waals surface area (Å²) in [6.45, 7) is 8.25. The first-order valence-electron chi connectivity index (χ1n) is 12.6. The lowest BCUT2D eigenvalue weighted by Crippen LogP contribution is -2.40. The van der Waals surface area contributed by atoms with Crippen molar-refractivity contribution < 1.29 is 32.2 Å². The SMILES string of the molecule is CCOc1ccc(CNC(=O)CN(c2cc(C)cc(C)c2)S(=O)(=O)c2ccc(OC)c(OC)c2)cc1OCC. The number of hydrogen-bond donors (Lipinski definition) is 1. The lowest BCUT2D eigenvalue weighted by Gasteiger charge is -2.25. The number of ether oxygens (including phenoxy) is 4. The van der Waals surface area contributed by atoms with Crippen LogP contribution in [0.4, 0.5) is 5.69 Å². The summed E-state index contributed by atoms with van der Waals surface area (Å²) in [5, 5.41) is 2.83. The topological polar surface area (TPSA) is 103 Å². The summed E-state index contributed by atoms with van der Waals surface area (Å²) in [6.07, 6.45) is 0. The molecule has 1 N–H and O–H groups in total. The minimum atomic E-state index is -4.15. The molecule has 0 atom stereocenters. The van der Waals surface area contributed by atoms with Gasteiger partial charge in [-0.3, -0.25) is 9.10 Å². The summed E-state index contributed by atoms with van der Waals surface area (Å²) < 4.78 is 50.7. The highest BCUT2D eigenvalue weighted by atomic mass is 32.2. The van der Waals surface area contributed by atoms with Crippen molar-refractivity contribution in [2.24, 2.45) is 0 Å². The molecule has 0 aromatic heterocycles. The van der Waals surface area contributed by atoms with E-state index in [2.05, 4.69) is 5.32 Å². The maximum atomic E-state index is 13.9. The number of sulfonamides is 1. The second kappa shape index (κ2) is 13.2. The van der Waals surface area contributed by atoms with E-state index in [1.807, 2.05) is 39.8 Å². The second-order valence-corrected chi connectivity index (χ2v) is 10.7.